The number of hydrogen-bond donors (Lipinski definition) is 1. The summed E-state index contributed by atoms with van der Waals surface area (Å²) >= 11 is 1.57. The second kappa shape index (κ2) is 6.16. The van der Waals surface area contributed by atoms with E-state index in [1.165, 1.54) is 11.1 Å². The molecule has 4 heteroatoms. The number of thiazole rings is 1. The van der Waals surface area contributed by atoms with Crippen molar-refractivity contribution in [2.45, 2.75) is 46.6 Å². The van der Waals surface area contributed by atoms with E-state index in [9.17, 15) is 5.11 Å². The zero-order valence-electron chi connectivity index (χ0n) is 13.4. The minimum absolute atomic E-state index is 0.600. The Hall–Kier alpha value is -1.39. The zero-order chi connectivity index (χ0) is 15.6. The van der Waals surface area contributed by atoms with E-state index in [4.69, 9.17) is 4.74 Å². The summed E-state index contributed by atoms with van der Waals surface area (Å²) < 4.78 is 5.86. The summed E-state index contributed by atoms with van der Waals surface area (Å²) in [5, 5.41) is 11.1. The van der Waals surface area contributed by atoms with Gasteiger partial charge in [0.1, 0.15) is 5.75 Å². The highest BCUT2D eigenvalue weighted by molar-refractivity contribution is 7.11. The van der Waals surface area contributed by atoms with Gasteiger partial charge in [0.25, 0.3) is 0 Å². The van der Waals surface area contributed by atoms with Crippen LogP contribution >= 0.6 is 11.3 Å². The largest absolute Gasteiger partial charge is 0.493 e. The standard InChI is InChI=1S/C17H23NO2S/c1-11-7-6-8-14(12(11)2)20-10-9-15-18-13(3)16(21-15)17(4,5)19/h6-8,19H,9-10H2,1-5H3. The van der Waals surface area contributed by atoms with Crippen LogP contribution in [0.3, 0.4) is 0 Å². The molecule has 0 saturated heterocycles. The van der Waals surface area contributed by atoms with Crippen molar-refractivity contribution in [2.24, 2.45) is 0 Å². The van der Waals surface area contributed by atoms with Gasteiger partial charge in [0, 0.05) is 6.42 Å². The summed E-state index contributed by atoms with van der Waals surface area (Å²) in [5.74, 6) is 0.936. The number of benzene rings is 1. The van der Waals surface area contributed by atoms with Gasteiger partial charge in [-0.3, -0.25) is 0 Å². The third-order valence-electron chi connectivity index (χ3n) is 3.52. The Morgan fingerprint density at radius 2 is 1.95 bits per heavy atom. The van der Waals surface area contributed by atoms with Gasteiger partial charge in [0.2, 0.25) is 0 Å². The summed E-state index contributed by atoms with van der Waals surface area (Å²) in [6, 6.07) is 6.09. The summed E-state index contributed by atoms with van der Waals surface area (Å²) in [6.45, 7) is 10.3. The average Bonchev–Trinajstić information content (AvgIpc) is 2.76. The van der Waals surface area contributed by atoms with Crippen LogP contribution in [0.5, 0.6) is 5.75 Å². The summed E-state index contributed by atoms with van der Waals surface area (Å²) in [4.78, 5) is 5.46. The third-order valence-corrected chi connectivity index (χ3v) is 5.06. The van der Waals surface area contributed by atoms with Crippen LogP contribution in [0.1, 0.15) is 40.6 Å². The molecule has 114 valence electrons. The molecule has 0 radical (unpaired) electrons. The lowest BCUT2D eigenvalue weighted by atomic mass is 10.1. The number of aryl methyl sites for hydroxylation is 2. The summed E-state index contributed by atoms with van der Waals surface area (Å²) in [6.07, 6.45) is 0.759. The molecule has 3 nitrogen and oxygen atoms in total. The molecule has 1 aromatic carbocycles. The Balaban J connectivity index is 2.00. The van der Waals surface area contributed by atoms with Crippen molar-refractivity contribution < 1.29 is 9.84 Å². The van der Waals surface area contributed by atoms with Crippen molar-refractivity contribution in [2.75, 3.05) is 6.61 Å². The van der Waals surface area contributed by atoms with Crippen LogP contribution in [0.15, 0.2) is 18.2 Å². The lowest BCUT2D eigenvalue weighted by Crippen LogP contribution is -2.14. The number of aliphatic hydroxyl groups is 1. The molecular formula is C17H23NO2S. The maximum atomic E-state index is 10.1. The smallest absolute Gasteiger partial charge is 0.122 e. The molecular weight excluding hydrogens is 282 g/mol. The molecule has 0 fully saturated rings. The van der Waals surface area contributed by atoms with Crippen molar-refractivity contribution in [3.63, 3.8) is 0 Å². The summed E-state index contributed by atoms with van der Waals surface area (Å²) in [7, 11) is 0. The van der Waals surface area contributed by atoms with Crippen LogP contribution < -0.4 is 4.74 Å². The van der Waals surface area contributed by atoms with Crippen molar-refractivity contribution in [1.29, 1.82) is 0 Å². The molecule has 1 aromatic heterocycles. The molecule has 0 saturated carbocycles. The number of nitrogens with zero attached hydrogens (tertiary/aromatic N) is 1. The Morgan fingerprint density at radius 1 is 1.24 bits per heavy atom. The van der Waals surface area contributed by atoms with Crippen LogP contribution in [0.2, 0.25) is 0 Å². The lowest BCUT2D eigenvalue weighted by Gasteiger charge is -2.15. The van der Waals surface area contributed by atoms with E-state index in [0.29, 0.717) is 6.61 Å². The molecule has 0 spiro atoms. The molecule has 0 aliphatic rings. The first kappa shape index (κ1) is 16.0. The van der Waals surface area contributed by atoms with Crippen LogP contribution in [-0.4, -0.2) is 16.7 Å². The van der Waals surface area contributed by atoms with Gasteiger partial charge < -0.3 is 9.84 Å². The molecule has 21 heavy (non-hydrogen) atoms. The second-order valence-corrected chi connectivity index (χ2v) is 6.96. The fourth-order valence-corrected chi connectivity index (χ4v) is 3.30. The predicted octanol–water partition coefficient (Wildman–Crippen LogP) is 3.92. The number of rotatable bonds is 5. The maximum absolute atomic E-state index is 10.1. The first-order chi connectivity index (χ1) is 9.79. The SMILES string of the molecule is Cc1cccc(OCCc2nc(C)c(C(C)(C)O)s2)c1C. The quantitative estimate of drug-likeness (QED) is 0.910. The molecule has 1 heterocycles. The molecule has 0 bridgehead atoms. The van der Waals surface area contributed by atoms with E-state index in [1.54, 1.807) is 25.2 Å². The predicted molar refractivity (Wildman–Crippen MR) is 87.2 cm³/mol. The van der Waals surface area contributed by atoms with Gasteiger partial charge in [-0.15, -0.1) is 11.3 Å². The highest BCUT2D eigenvalue weighted by atomic mass is 32.1. The number of hydrogen-bond acceptors (Lipinski definition) is 4. The van der Waals surface area contributed by atoms with Crippen molar-refractivity contribution >= 4 is 11.3 Å². The molecule has 0 amide bonds. The van der Waals surface area contributed by atoms with E-state index in [2.05, 4.69) is 24.9 Å². The molecule has 2 aromatic rings. The fourth-order valence-electron chi connectivity index (χ4n) is 2.26. The van der Waals surface area contributed by atoms with Gasteiger partial charge >= 0.3 is 0 Å². The first-order valence-corrected chi connectivity index (χ1v) is 7.99. The third kappa shape index (κ3) is 3.83. The molecule has 0 aliphatic carbocycles. The Bertz CT molecular complexity index is 626. The molecule has 2 rings (SSSR count). The van der Waals surface area contributed by atoms with Gasteiger partial charge in [-0.25, -0.2) is 4.98 Å². The van der Waals surface area contributed by atoms with Gasteiger partial charge in [0.05, 0.1) is 27.8 Å². The van der Waals surface area contributed by atoms with Crippen molar-refractivity contribution in [1.82, 2.24) is 4.98 Å². The van der Waals surface area contributed by atoms with E-state index in [0.717, 1.165) is 27.7 Å². The average molecular weight is 305 g/mol. The van der Waals surface area contributed by atoms with Gasteiger partial charge in [-0.1, -0.05) is 12.1 Å². The first-order valence-electron chi connectivity index (χ1n) is 7.17. The maximum Gasteiger partial charge on any atom is 0.122 e. The Kier molecular flexibility index (Phi) is 4.69. The molecule has 1 N–H and O–H groups in total. The number of aromatic nitrogens is 1. The van der Waals surface area contributed by atoms with Crippen LogP contribution in [-0.2, 0) is 12.0 Å². The van der Waals surface area contributed by atoms with Crippen LogP contribution in [0.25, 0.3) is 0 Å². The lowest BCUT2D eigenvalue weighted by molar-refractivity contribution is 0.0817. The highest BCUT2D eigenvalue weighted by Gasteiger charge is 2.22. The van der Waals surface area contributed by atoms with E-state index in [1.807, 2.05) is 19.1 Å². The van der Waals surface area contributed by atoms with Gasteiger partial charge in [-0.2, -0.15) is 0 Å². The van der Waals surface area contributed by atoms with Gasteiger partial charge in [0.15, 0.2) is 0 Å². The minimum atomic E-state index is -0.825. The fraction of sp³-hybridized carbons (Fsp3) is 0.471. The van der Waals surface area contributed by atoms with E-state index < -0.39 is 5.60 Å². The highest BCUT2D eigenvalue weighted by Crippen LogP contribution is 2.29. The molecule has 0 aliphatic heterocycles. The van der Waals surface area contributed by atoms with Crippen LogP contribution in [0.4, 0.5) is 0 Å². The van der Waals surface area contributed by atoms with Gasteiger partial charge in [-0.05, 0) is 51.8 Å². The Labute approximate surface area is 130 Å². The minimum Gasteiger partial charge on any atom is -0.493 e. The topological polar surface area (TPSA) is 42.4 Å². The second-order valence-electron chi connectivity index (χ2n) is 5.88. The monoisotopic (exact) mass is 305 g/mol. The molecule has 0 unspecified atom stereocenters. The van der Waals surface area contributed by atoms with Crippen molar-refractivity contribution in [3.8, 4) is 5.75 Å². The number of ether oxygens (including phenoxy) is 1. The Morgan fingerprint density at radius 3 is 2.57 bits per heavy atom. The van der Waals surface area contributed by atoms with E-state index >= 15 is 0 Å². The van der Waals surface area contributed by atoms with Crippen molar-refractivity contribution in [3.05, 3.63) is 44.9 Å². The summed E-state index contributed by atoms with van der Waals surface area (Å²) in [5.41, 5.74) is 2.51. The zero-order valence-corrected chi connectivity index (χ0v) is 14.2. The normalized spacial score (nSPS) is 11.7. The van der Waals surface area contributed by atoms with Crippen LogP contribution in [0, 0.1) is 20.8 Å². The molecule has 0 atom stereocenters. The van der Waals surface area contributed by atoms with E-state index in [-0.39, 0.29) is 0 Å².